The van der Waals surface area contributed by atoms with Crippen LogP contribution < -0.4 is 4.72 Å². The number of aliphatic carboxylic acids is 1. The zero-order valence-electron chi connectivity index (χ0n) is 15.6. The molecule has 1 atom stereocenters. The predicted molar refractivity (Wildman–Crippen MR) is 106 cm³/mol. The highest BCUT2D eigenvalue weighted by Crippen LogP contribution is 2.24. The molecule has 0 bridgehead atoms. The molecule has 146 valence electrons. The van der Waals surface area contributed by atoms with Gasteiger partial charge in [-0.25, -0.2) is 13.1 Å². The molecule has 0 radical (unpaired) electrons. The van der Waals surface area contributed by atoms with Gasteiger partial charge in [0.05, 0.1) is 4.90 Å². The molecule has 2 rings (SSSR count). The van der Waals surface area contributed by atoms with Gasteiger partial charge in [0.2, 0.25) is 10.0 Å². The van der Waals surface area contributed by atoms with E-state index in [-0.39, 0.29) is 12.5 Å². The molecule has 27 heavy (non-hydrogen) atoms. The number of aryl methyl sites for hydroxylation is 1. The van der Waals surface area contributed by atoms with Crippen molar-refractivity contribution in [1.29, 1.82) is 0 Å². The van der Waals surface area contributed by atoms with Crippen LogP contribution >= 0.6 is 0 Å². The summed E-state index contributed by atoms with van der Waals surface area (Å²) in [5.74, 6) is -0.775. The first-order valence-electron chi connectivity index (χ1n) is 9.25. The third-order valence-corrected chi connectivity index (χ3v) is 6.15. The second kappa shape index (κ2) is 10.2. The van der Waals surface area contributed by atoms with E-state index in [1.54, 1.807) is 25.1 Å². The molecule has 0 aromatic heterocycles. The van der Waals surface area contributed by atoms with Gasteiger partial charge < -0.3 is 5.11 Å². The fourth-order valence-corrected chi connectivity index (χ4v) is 4.57. The smallest absolute Gasteiger partial charge is 0.303 e. The average Bonchev–Trinajstić information content (AvgIpc) is 2.64. The summed E-state index contributed by atoms with van der Waals surface area (Å²) < 4.78 is 28.6. The van der Waals surface area contributed by atoms with Crippen molar-refractivity contribution in [2.45, 2.75) is 56.4 Å². The standard InChI is InChI=1S/C21H27NO4S/c1-17-11-9-10-15-20(17)27(25,26)22-19(18-12-5-4-6-13-18)14-7-2-3-8-16-21(23)24/h4-6,9-13,15,19,22H,2-3,7-8,14,16H2,1H3,(H,23,24). The van der Waals surface area contributed by atoms with Crippen LogP contribution in [-0.2, 0) is 14.8 Å². The molecule has 0 aliphatic carbocycles. The highest BCUT2D eigenvalue weighted by atomic mass is 32.2. The Morgan fingerprint density at radius 1 is 0.963 bits per heavy atom. The van der Waals surface area contributed by atoms with Crippen LogP contribution in [-0.4, -0.2) is 19.5 Å². The lowest BCUT2D eigenvalue weighted by Crippen LogP contribution is -2.29. The van der Waals surface area contributed by atoms with Crippen molar-refractivity contribution in [3.05, 3.63) is 65.7 Å². The summed E-state index contributed by atoms with van der Waals surface area (Å²) in [4.78, 5) is 10.9. The van der Waals surface area contributed by atoms with Crippen molar-refractivity contribution in [3.8, 4) is 0 Å². The van der Waals surface area contributed by atoms with Gasteiger partial charge in [0.25, 0.3) is 0 Å². The fourth-order valence-electron chi connectivity index (χ4n) is 3.07. The SMILES string of the molecule is Cc1ccccc1S(=O)(=O)NC(CCCCCCC(=O)O)c1ccccc1. The summed E-state index contributed by atoms with van der Waals surface area (Å²) in [5.41, 5.74) is 1.64. The molecule has 0 heterocycles. The minimum Gasteiger partial charge on any atom is -0.481 e. The maximum atomic E-state index is 12.9. The monoisotopic (exact) mass is 389 g/mol. The average molecular weight is 390 g/mol. The number of hydrogen-bond acceptors (Lipinski definition) is 3. The highest BCUT2D eigenvalue weighted by Gasteiger charge is 2.22. The number of carbonyl (C=O) groups is 1. The minimum atomic E-state index is -3.62. The van der Waals surface area contributed by atoms with E-state index in [1.165, 1.54) is 0 Å². The van der Waals surface area contributed by atoms with Crippen molar-refractivity contribution < 1.29 is 18.3 Å². The summed E-state index contributed by atoms with van der Waals surface area (Å²) in [6.07, 6.45) is 4.04. The van der Waals surface area contributed by atoms with Gasteiger partial charge in [-0.05, 0) is 37.0 Å². The van der Waals surface area contributed by atoms with Crippen LogP contribution in [0.15, 0.2) is 59.5 Å². The van der Waals surface area contributed by atoms with Gasteiger partial charge in [0.1, 0.15) is 0 Å². The van der Waals surface area contributed by atoms with Crippen LogP contribution in [0.4, 0.5) is 0 Å². The lowest BCUT2D eigenvalue weighted by atomic mass is 10.0. The second-order valence-electron chi connectivity index (χ2n) is 6.70. The Kier molecular flexibility index (Phi) is 8.00. The Hall–Kier alpha value is -2.18. The second-order valence-corrected chi connectivity index (χ2v) is 8.38. The Morgan fingerprint density at radius 3 is 2.26 bits per heavy atom. The molecular weight excluding hydrogens is 362 g/mol. The number of rotatable bonds is 11. The lowest BCUT2D eigenvalue weighted by molar-refractivity contribution is -0.137. The van der Waals surface area contributed by atoms with Gasteiger partial charge in [-0.2, -0.15) is 0 Å². The molecule has 6 heteroatoms. The van der Waals surface area contributed by atoms with E-state index in [2.05, 4.69) is 4.72 Å². The van der Waals surface area contributed by atoms with Gasteiger partial charge >= 0.3 is 5.97 Å². The molecule has 2 aromatic carbocycles. The number of carboxylic acid groups (broad SMARTS) is 1. The third-order valence-electron chi connectivity index (χ3n) is 4.52. The van der Waals surface area contributed by atoms with Gasteiger partial charge in [0, 0.05) is 12.5 Å². The lowest BCUT2D eigenvalue weighted by Gasteiger charge is -2.20. The van der Waals surface area contributed by atoms with E-state index >= 15 is 0 Å². The number of carboxylic acids is 1. The quantitative estimate of drug-likeness (QED) is 0.557. The number of benzene rings is 2. The van der Waals surface area contributed by atoms with Crippen LogP contribution in [0.2, 0.25) is 0 Å². The summed E-state index contributed by atoms with van der Waals surface area (Å²) in [7, 11) is -3.62. The first-order chi connectivity index (χ1) is 12.9. The normalized spacial score (nSPS) is 12.6. The number of unbranched alkanes of at least 4 members (excludes halogenated alkanes) is 3. The van der Waals surface area contributed by atoms with E-state index in [0.717, 1.165) is 24.8 Å². The van der Waals surface area contributed by atoms with E-state index in [1.807, 2.05) is 36.4 Å². The Labute approximate surface area is 161 Å². The van der Waals surface area contributed by atoms with E-state index in [4.69, 9.17) is 5.11 Å². The molecule has 0 saturated carbocycles. The number of sulfonamides is 1. The van der Waals surface area contributed by atoms with Crippen LogP contribution in [0.3, 0.4) is 0 Å². The first-order valence-corrected chi connectivity index (χ1v) is 10.7. The summed E-state index contributed by atoms with van der Waals surface area (Å²) in [5, 5.41) is 8.69. The van der Waals surface area contributed by atoms with Crippen molar-refractivity contribution in [2.24, 2.45) is 0 Å². The number of nitrogens with one attached hydrogen (secondary N) is 1. The summed E-state index contributed by atoms with van der Waals surface area (Å²) >= 11 is 0. The molecule has 0 aliphatic heterocycles. The molecule has 0 spiro atoms. The zero-order chi connectivity index (χ0) is 19.7. The van der Waals surface area contributed by atoms with Gasteiger partial charge in [-0.15, -0.1) is 0 Å². The minimum absolute atomic E-state index is 0.183. The van der Waals surface area contributed by atoms with Gasteiger partial charge in [-0.1, -0.05) is 67.8 Å². The first kappa shape index (κ1) is 21.1. The molecule has 0 saturated heterocycles. The van der Waals surface area contributed by atoms with Crippen molar-refractivity contribution >= 4 is 16.0 Å². The van der Waals surface area contributed by atoms with Crippen LogP contribution in [0, 0.1) is 6.92 Å². The summed E-state index contributed by atoms with van der Waals surface area (Å²) in [6.45, 7) is 1.79. The molecule has 5 nitrogen and oxygen atoms in total. The van der Waals surface area contributed by atoms with Crippen LogP contribution in [0.1, 0.15) is 55.7 Å². The van der Waals surface area contributed by atoms with Crippen molar-refractivity contribution in [1.82, 2.24) is 4.72 Å². The largest absolute Gasteiger partial charge is 0.481 e. The fraction of sp³-hybridized carbons (Fsp3) is 0.381. The molecular formula is C21H27NO4S. The Bertz CT molecular complexity index is 834. The maximum absolute atomic E-state index is 12.9. The third kappa shape index (κ3) is 6.81. The van der Waals surface area contributed by atoms with E-state index < -0.39 is 16.0 Å². The molecule has 0 aliphatic rings. The van der Waals surface area contributed by atoms with E-state index in [0.29, 0.717) is 23.3 Å². The Balaban J connectivity index is 2.05. The zero-order valence-corrected chi connectivity index (χ0v) is 16.4. The molecule has 2 N–H and O–H groups in total. The molecule has 0 amide bonds. The molecule has 2 aromatic rings. The van der Waals surface area contributed by atoms with Crippen molar-refractivity contribution in [2.75, 3.05) is 0 Å². The molecule has 0 fully saturated rings. The maximum Gasteiger partial charge on any atom is 0.303 e. The van der Waals surface area contributed by atoms with Crippen molar-refractivity contribution in [3.63, 3.8) is 0 Å². The van der Waals surface area contributed by atoms with Crippen LogP contribution in [0.5, 0.6) is 0 Å². The Morgan fingerprint density at radius 2 is 1.59 bits per heavy atom. The topological polar surface area (TPSA) is 83.5 Å². The number of hydrogen-bond donors (Lipinski definition) is 2. The molecule has 1 unspecified atom stereocenters. The summed E-state index contributed by atoms with van der Waals surface area (Å²) in [6, 6.07) is 16.2. The van der Waals surface area contributed by atoms with E-state index in [9.17, 15) is 13.2 Å². The highest BCUT2D eigenvalue weighted by molar-refractivity contribution is 7.89. The predicted octanol–water partition coefficient (Wildman–Crippen LogP) is 4.44. The van der Waals surface area contributed by atoms with Gasteiger partial charge in [-0.3, -0.25) is 4.79 Å². The van der Waals surface area contributed by atoms with Crippen LogP contribution in [0.25, 0.3) is 0 Å². The van der Waals surface area contributed by atoms with Gasteiger partial charge in [0.15, 0.2) is 0 Å².